The Hall–Kier alpha value is -3.48. The van der Waals surface area contributed by atoms with Crippen molar-refractivity contribution >= 4 is 29.0 Å². The summed E-state index contributed by atoms with van der Waals surface area (Å²) in [7, 11) is 4.04. The molecule has 0 atom stereocenters. The van der Waals surface area contributed by atoms with E-state index >= 15 is 0 Å². The van der Waals surface area contributed by atoms with E-state index in [0.717, 1.165) is 53.3 Å². The van der Waals surface area contributed by atoms with Gasteiger partial charge >= 0.3 is 6.03 Å². The summed E-state index contributed by atoms with van der Waals surface area (Å²) in [5.41, 5.74) is 6.01. The van der Waals surface area contributed by atoms with Gasteiger partial charge in [0.1, 0.15) is 5.82 Å². The predicted molar refractivity (Wildman–Crippen MR) is 128 cm³/mol. The second-order valence-corrected chi connectivity index (χ2v) is 8.22. The highest BCUT2D eigenvalue weighted by Gasteiger charge is 2.23. The smallest absolute Gasteiger partial charge is 0.328 e. The van der Waals surface area contributed by atoms with E-state index in [0.29, 0.717) is 18.2 Å². The van der Waals surface area contributed by atoms with Gasteiger partial charge in [-0.1, -0.05) is 12.1 Å². The maximum Gasteiger partial charge on any atom is 0.328 e. The summed E-state index contributed by atoms with van der Waals surface area (Å²) in [6.07, 6.45) is 1.90. The van der Waals surface area contributed by atoms with Gasteiger partial charge < -0.3 is 15.2 Å². The number of hydrogen-bond acceptors (Lipinski definition) is 4. The van der Waals surface area contributed by atoms with Gasteiger partial charge in [0.05, 0.1) is 11.4 Å². The van der Waals surface area contributed by atoms with Crippen molar-refractivity contribution in [2.24, 2.45) is 0 Å². The quantitative estimate of drug-likeness (QED) is 0.559. The summed E-state index contributed by atoms with van der Waals surface area (Å²) in [6.45, 7) is 5.50. The number of hydrogen-bond donors (Lipinski definition) is 3. The number of nitrogens with zero attached hydrogens (tertiary/aromatic N) is 3. The molecule has 0 saturated carbocycles. The summed E-state index contributed by atoms with van der Waals surface area (Å²) in [6, 6.07) is 14.1. The fraction of sp³-hybridized carbons (Fsp3) is 0.333. The molecule has 0 saturated heterocycles. The summed E-state index contributed by atoms with van der Waals surface area (Å²) in [5, 5.41) is 6.44. The number of aromatic nitrogens is 2. The molecule has 0 fully saturated rings. The molecule has 1 aromatic carbocycles. The summed E-state index contributed by atoms with van der Waals surface area (Å²) < 4.78 is 0. The Morgan fingerprint density at radius 3 is 2.71 bits per heavy atom. The maximum absolute atomic E-state index is 13.2. The van der Waals surface area contributed by atoms with Crippen LogP contribution in [-0.4, -0.2) is 43.2 Å². The number of aromatic amines is 1. The minimum atomic E-state index is -0.183. The molecule has 162 valence electrons. The number of anilines is 4. The largest absolute Gasteiger partial charge is 0.382 e. The van der Waals surface area contributed by atoms with Crippen molar-refractivity contribution in [2.45, 2.75) is 26.7 Å². The first-order valence-electron chi connectivity index (χ1n) is 10.7. The van der Waals surface area contributed by atoms with Crippen molar-refractivity contribution in [3.8, 4) is 11.3 Å². The van der Waals surface area contributed by atoms with E-state index in [1.807, 2.05) is 58.3 Å². The molecule has 3 N–H and O–H groups in total. The molecule has 1 aliphatic heterocycles. The van der Waals surface area contributed by atoms with Gasteiger partial charge in [-0.15, -0.1) is 0 Å². The molecule has 0 spiro atoms. The van der Waals surface area contributed by atoms with Crippen molar-refractivity contribution in [1.82, 2.24) is 9.97 Å². The Balaban J connectivity index is 1.69. The SMILES string of the molecule is Cc1cc(NC(=O)N2CCCCNc3ccc(-c4cccc(N(C)C)c4)nc32)[nH]c1C. The van der Waals surface area contributed by atoms with Crippen LogP contribution in [0.25, 0.3) is 11.3 Å². The average molecular weight is 419 g/mol. The van der Waals surface area contributed by atoms with Crippen molar-refractivity contribution in [2.75, 3.05) is 47.6 Å². The minimum absolute atomic E-state index is 0.183. The molecule has 2 aromatic heterocycles. The third kappa shape index (κ3) is 4.50. The number of H-pyrrole nitrogens is 1. The van der Waals surface area contributed by atoms with Gasteiger partial charge in [0, 0.05) is 44.1 Å². The van der Waals surface area contributed by atoms with Crippen LogP contribution in [-0.2, 0) is 0 Å². The van der Waals surface area contributed by atoms with E-state index in [4.69, 9.17) is 4.98 Å². The molecule has 3 heterocycles. The first-order valence-corrected chi connectivity index (χ1v) is 10.7. The number of carbonyl (C=O) groups is 1. The van der Waals surface area contributed by atoms with Crippen molar-refractivity contribution in [1.29, 1.82) is 0 Å². The van der Waals surface area contributed by atoms with E-state index in [1.54, 1.807) is 4.90 Å². The van der Waals surface area contributed by atoms with Gasteiger partial charge in [-0.2, -0.15) is 0 Å². The molecule has 2 amide bonds. The number of aryl methyl sites for hydroxylation is 2. The highest BCUT2D eigenvalue weighted by atomic mass is 16.2. The first-order chi connectivity index (χ1) is 14.9. The van der Waals surface area contributed by atoms with Crippen LogP contribution in [0, 0.1) is 13.8 Å². The highest BCUT2D eigenvalue weighted by Crippen LogP contribution is 2.31. The van der Waals surface area contributed by atoms with Gasteiger partial charge in [-0.05, 0) is 62.6 Å². The van der Waals surface area contributed by atoms with E-state index in [9.17, 15) is 4.79 Å². The molecular weight excluding hydrogens is 388 g/mol. The molecule has 31 heavy (non-hydrogen) atoms. The molecule has 0 unspecified atom stereocenters. The Kier molecular flexibility index (Phi) is 5.84. The van der Waals surface area contributed by atoms with Crippen molar-refractivity contribution in [3.05, 3.63) is 53.7 Å². The van der Waals surface area contributed by atoms with Crippen LogP contribution in [0.15, 0.2) is 42.5 Å². The van der Waals surface area contributed by atoms with Gasteiger partial charge in [0.15, 0.2) is 5.82 Å². The topological polar surface area (TPSA) is 76.3 Å². The Morgan fingerprint density at radius 2 is 1.97 bits per heavy atom. The molecule has 1 aliphatic rings. The fourth-order valence-electron chi connectivity index (χ4n) is 3.73. The summed E-state index contributed by atoms with van der Waals surface area (Å²) in [4.78, 5) is 25.2. The lowest BCUT2D eigenvalue weighted by Gasteiger charge is -2.27. The van der Waals surface area contributed by atoms with Crippen LogP contribution < -0.4 is 20.4 Å². The van der Waals surface area contributed by atoms with Crippen LogP contribution in [0.3, 0.4) is 0 Å². The van der Waals surface area contributed by atoms with Gasteiger partial charge in [0.25, 0.3) is 0 Å². The monoisotopic (exact) mass is 418 g/mol. The van der Waals surface area contributed by atoms with E-state index in [-0.39, 0.29) is 6.03 Å². The molecule has 0 radical (unpaired) electrons. The third-order valence-electron chi connectivity index (χ3n) is 5.67. The number of amides is 2. The number of fused-ring (bicyclic) bond motifs is 1. The summed E-state index contributed by atoms with van der Waals surface area (Å²) >= 11 is 0. The Labute approximate surface area is 183 Å². The van der Waals surface area contributed by atoms with E-state index < -0.39 is 0 Å². The maximum atomic E-state index is 13.2. The second-order valence-electron chi connectivity index (χ2n) is 8.22. The van der Waals surface area contributed by atoms with E-state index in [2.05, 4.69) is 32.7 Å². The zero-order valence-corrected chi connectivity index (χ0v) is 18.6. The number of benzene rings is 1. The van der Waals surface area contributed by atoms with Gasteiger partial charge in [0.2, 0.25) is 0 Å². The standard InChI is InChI=1S/C24H30N6O/c1-16-14-22(26-17(16)2)28-24(31)30-13-6-5-12-25-21-11-10-20(27-23(21)30)18-8-7-9-19(15-18)29(3)4/h7-11,14-15,25-26H,5-6,12-13H2,1-4H3,(H,28,31). The average Bonchev–Trinajstić information content (AvgIpc) is 3.05. The third-order valence-corrected chi connectivity index (χ3v) is 5.67. The van der Waals surface area contributed by atoms with Crippen molar-refractivity contribution < 1.29 is 4.79 Å². The fourth-order valence-corrected chi connectivity index (χ4v) is 3.73. The zero-order chi connectivity index (χ0) is 22.0. The van der Waals surface area contributed by atoms with Gasteiger partial charge in [-0.3, -0.25) is 10.2 Å². The van der Waals surface area contributed by atoms with Crippen LogP contribution >= 0.6 is 0 Å². The lowest BCUT2D eigenvalue weighted by atomic mass is 10.1. The molecule has 7 nitrogen and oxygen atoms in total. The van der Waals surface area contributed by atoms with Crippen LogP contribution in [0.4, 0.5) is 27.8 Å². The van der Waals surface area contributed by atoms with Crippen molar-refractivity contribution in [3.63, 3.8) is 0 Å². The number of pyridine rings is 1. The number of rotatable bonds is 3. The number of urea groups is 1. The second kappa shape index (κ2) is 8.71. The normalized spacial score (nSPS) is 13.6. The van der Waals surface area contributed by atoms with E-state index in [1.165, 1.54) is 0 Å². The summed E-state index contributed by atoms with van der Waals surface area (Å²) in [5.74, 6) is 1.36. The predicted octanol–water partition coefficient (Wildman–Crippen LogP) is 5.00. The number of carbonyl (C=O) groups excluding carboxylic acids is 1. The van der Waals surface area contributed by atoms with Gasteiger partial charge in [-0.25, -0.2) is 9.78 Å². The lowest BCUT2D eigenvalue weighted by molar-refractivity contribution is 0.256. The molecule has 7 heteroatoms. The molecule has 0 bridgehead atoms. The lowest BCUT2D eigenvalue weighted by Crippen LogP contribution is -2.38. The van der Waals surface area contributed by atoms with Crippen LogP contribution in [0.5, 0.6) is 0 Å². The van der Waals surface area contributed by atoms with Crippen LogP contribution in [0.2, 0.25) is 0 Å². The molecular formula is C24H30N6O. The molecule has 0 aliphatic carbocycles. The minimum Gasteiger partial charge on any atom is -0.382 e. The van der Waals surface area contributed by atoms with Crippen LogP contribution in [0.1, 0.15) is 24.1 Å². The first kappa shape index (κ1) is 20.8. The molecule has 4 rings (SSSR count). The zero-order valence-electron chi connectivity index (χ0n) is 18.6. The highest BCUT2D eigenvalue weighted by molar-refractivity contribution is 6.02. The Morgan fingerprint density at radius 1 is 1.13 bits per heavy atom. The Bertz CT molecular complexity index is 1070. The number of nitrogens with one attached hydrogen (secondary N) is 3. The molecule has 3 aromatic rings.